The maximum Gasteiger partial charge on any atom is 0.310 e. The third kappa shape index (κ3) is 2.12. The van der Waals surface area contributed by atoms with E-state index >= 15 is 0 Å². The standard InChI is InChI=1S/C12H17N3O3/c1-6-10(12(16)17)11(15-14-6)7-3-4-8(13)9(5-7)18-2/h3-6,10-11,14-15H,13H2,1-2H3,(H,16,17). The highest BCUT2D eigenvalue weighted by Gasteiger charge is 2.39. The number of carbonyl (C=O) groups is 1. The molecule has 1 saturated heterocycles. The molecule has 0 aliphatic carbocycles. The Balaban J connectivity index is 2.33. The van der Waals surface area contributed by atoms with Gasteiger partial charge < -0.3 is 15.6 Å². The van der Waals surface area contributed by atoms with E-state index in [4.69, 9.17) is 10.5 Å². The van der Waals surface area contributed by atoms with E-state index < -0.39 is 11.9 Å². The summed E-state index contributed by atoms with van der Waals surface area (Å²) in [6.07, 6.45) is 0. The first-order valence-electron chi connectivity index (χ1n) is 5.72. The highest BCUT2D eigenvalue weighted by Crippen LogP contribution is 2.32. The van der Waals surface area contributed by atoms with Crippen LogP contribution < -0.4 is 21.3 Å². The summed E-state index contributed by atoms with van der Waals surface area (Å²) < 4.78 is 5.15. The van der Waals surface area contributed by atoms with E-state index in [2.05, 4.69) is 10.9 Å². The van der Waals surface area contributed by atoms with Crippen molar-refractivity contribution in [3.63, 3.8) is 0 Å². The van der Waals surface area contributed by atoms with Crippen LogP contribution in [0.4, 0.5) is 5.69 Å². The van der Waals surface area contributed by atoms with E-state index in [0.717, 1.165) is 5.56 Å². The molecule has 1 aliphatic heterocycles. The fourth-order valence-corrected chi connectivity index (χ4v) is 2.26. The zero-order valence-corrected chi connectivity index (χ0v) is 10.3. The molecule has 3 atom stereocenters. The summed E-state index contributed by atoms with van der Waals surface area (Å²) in [4.78, 5) is 11.3. The maximum absolute atomic E-state index is 11.3. The third-order valence-corrected chi connectivity index (χ3v) is 3.27. The minimum absolute atomic E-state index is 0.143. The number of rotatable bonds is 3. The minimum Gasteiger partial charge on any atom is -0.495 e. The van der Waals surface area contributed by atoms with Gasteiger partial charge in [-0.3, -0.25) is 10.2 Å². The average Bonchev–Trinajstić information content (AvgIpc) is 2.72. The van der Waals surface area contributed by atoms with Gasteiger partial charge in [-0.2, -0.15) is 0 Å². The van der Waals surface area contributed by atoms with Crippen LogP contribution in [-0.2, 0) is 4.79 Å². The van der Waals surface area contributed by atoms with Crippen molar-refractivity contribution >= 4 is 11.7 Å². The van der Waals surface area contributed by atoms with Crippen LogP contribution >= 0.6 is 0 Å². The predicted molar refractivity (Wildman–Crippen MR) is 67.0 cm³/mol. The number of carboxylic acids is 1. The lowest BCUT2D eigenvalue weighted by molar-refractivity contribution is -0.142. The lowest BCUT2D eigenvalue weighted by Crippen LogP contribution is -2.30. The van der Waals surface area contributed by atoms with Crippen LogP contribution in [0.3, 0.4) is 0 Å². The molecule has 1 fully saturated rings. The highest BCUT2D eigenvalue weighted by molar-refractivity contribution is 5.73. The van der Waals surface area contributed by atoms with Gasteiger partial charge in [-0.25, -0.2) is 5.43 Å². The molecular formula is C12H17N3O3. The number of benzene rings is 1. The summed E-state index contributed by atoms with van der Waals surface area (Å²) in [5, 5.41) is 9.26. The Kier molecular flexibility index (Phi) is 3.40. The van der Waals surface area contributed by atoms with Crippen LogP contribution in [0.5, 0.6) is 5.75 Å². The second-order valence-electron chi connectivity index (χ2n) is 4.42. The number of hydrogen-bond donors (Lipinski definition) is 4. The second-order valence-corrected chi connectivity index (χ2v) is 4.42. The number of aliphatic carboxylic acids is 1. The molecule has 1 heterocycles. The number of hydrazine groups is 1. The van der Waals surface area contributed by atoms with Gasteiger partial charge in [-0.05, 0) is 24.6 Å². The first-order chi connectivity index (χ1) is 8.54. The topological polar surface area (TPSA) is 96.6 Å². The van der Waals surface area contributed by atoms with E-state index in [0.29, 0.717) is 11.4 Å². The molecule has 6 heteroatoms. The number of anilines is 1. The first kappa shape index (κ1) is 12.7. The predicted octanol–water partition coefficient (Wildman–Crippen LogP) is 0.516. The molecule has 5 N–H and O–H groups in total. The van der Waals surface area contributed by atoms with Gasteiger partial charge in [0.1, 0.15) is 5.75 Å². The Morgan fingerprint density at radius 3 is 2.78 bits per heavy atom. The molecule has 1 aromatic carbocycles. The number of carboxylic acid groups (broad SMARTS) is 1. The molecule has 0 saturated carbocycles. The highest BCUT2D eigenvalue weighted by atomic mass is 16.5. The number of ether oxygens (including phenoxy) is 1. The molecule has 0 radical (unpaired) electrons. The lowest BCUT2D eigenvalue weighted by Gasteiger charge is -2.18. The van der Waals surface area contributed by atoms with Gasteiger partial charge >= 0.3 is 5.97 Å². The van der Waals surface area contributed by atoms with E-state index in [-0.39, 0.29) is 12.1 Å². The number of nitrogen functional groups attached to an aromatic ring is 1. The average molecular weight is 251 g/mol. The summed E-state index contributed by atoms with van der Waals surface area (Å²) in [7, 11) is 1.53. The van der Waals surface area contributed by atoms with Crippen LogP contribution in [0, 0.1) is 5.92 Å². The molecule has 6 nitrogen and oxygen atoms in total. The largest absolute Gasteiger partial charge is 0.495 e. The van der Waals surface area contributed by atoms with Gasteiger partial charge in [-0.1, -0.05) is 6.07 Å². The number of nitrogens with two attached hydrogens (primary N) is 1. The van der Waals surface area contributed by atoms with Crippen molar-refractivity contribution in [2.45, 2.75) is 19.0 Å². The van der Waals surface area contributed by atoms with Crippen LogP contribution in [0.15, 0.2) is 18.2 Å². The molecule has 0 amide bonds. The molecule has 1 aliphatic rings. The molecule has 1 aromatic rings. The van der Waals surface area contributed by atoms with Crippen molar-refractivity contribution in [1.82, 2.24) is 10.9 Å². The number of hydrogen-bond acceptors (Lipinski definition) is 5. The van der Waals surface area contributed by atoms with Crippen LogP contribution in [-0.4, -0.2) is 24.2 Å². The molecule has 0 aromatic heterocycles. The fraction of sp³-hybridized carbons (Fsp3) is 0.417. The molecule has 0 bridgehead atoms. The summed E-state index contributed by atoms with van der Waals surface area (Å²) in [5.74, 6) is -0.808. The van der Waals surface area contributed by atoms with Gasteiger partial charge in [0.25, 0.3) is 0 Å². The van der Waals surface area contributed by atoms with Gasteiger partial charge in [0.05, 0.1) is 24.8 Å². The van der Waals surface area contributed by atoms with E-state index in [9.17, 15) is 9.90 Å². The van der Waals surface area contributed by atoms with Crippen molar-refractivity contribution in [3.8, 4) is 5.75 Å². The SMILES string of the molecule is COc1cc(C2NNC(C)C2C(=O)O)ccc1N. The fourth-order valence-electron chi connectivity index (χ4n) is 2.26. The molecular weight excluding hydrogens is 234 g/mol. The van der Waals surface area contributed by atoms with Crippen LogP contribution in [0.1, 0.15) is 18.5 Å². The van der Waals surface area contributed by atoms with Gasteiger partial charge in [0.15, 0.2) is 0 Å². The van der Waals surface area contributed by atoms with Crippen molar-refractivity contribution in [2.24, 2.45) is 5.92 Å². The van der Waals surface area contributed by atoms with Gasteiger partial charge in [0, 0.05) is 6.04 Å². The summed E-state index contributed by atoms with van der Waals surface area (Å²) >= 11 is 0. The third-order valence-electron chi connectivity index (χ3n) is 3.27. The number of nitrogens with one attached hydrogen (secondary N) is 2. The summed E-state index contributed by atoms with van der Waals surface area (Å²) in [6.45, 7) is 1.83. The molecule has 2 rings (SSSR count). The Bertz CT molecular complexity index is 464. The van der Waals surface area contributed by atoms with Gasteiger partial charge in [-0.15, -0.1) is 0 Å². The lowest BCUT2D eigenvalue weighted by atomic mass is 9.90. The van der Waals surface area contributed by atoms with E-state index in [1.165, 1.54) is 7.11 Å². The van der Waals surface area contributed by atoms with E-state index in [1.54, 1.807) is 12.1 Å². The monoisotopic (exact) mass is 251 g/mol. The van der Waals surface area contributed by atoms with E-state index in [1.807, 2.05) is 13.0 Å². The van der Waals surface area contributed by atoms with Crippen LogP contribution in [0.25, 0.3) is 0 Å². The minimum atomic E-state index is -0.833. The normalized spacial score (nSPS) is 27.1. The second kappa shape index (κ2) is 4.83. The van der Waals surface area contributed by atoms with Crippen molar-refractivity contribution < 1.29 is 14.6 Å². The molecule has 0 spiro atoms. The molecule has 3 unspecified atom stereocenters. The summed E-state index contributed by atoms with van der Waals surface area (Å²) in [6, 6.07) is 4.86. The Hall–Kier alpha value is -1.79. The first-order valence-corrected chi connectivity index (χ1v) is 5.72. The molecule has 18 heavy (non-hydrogen) atoms. The Morgan fingerprint density at radius 2 is 2.17 bits per heavy atom. The molecule has 98 valence electrons. The maximum atomic E-state index is 11.3. The smallest absolute Gasteiger partial charge is 0.310 e. The van der Waals surface area contributed by atoms with Gasteiger partial charge in [0.2, 0.25) is 0 Å². The summed E-state index contributed by atoms with van der Waals surface area (Å²) in [5.41, 5.74) is 13.1. The van der Waals surface area contributed by atoms with Crippen molar-refractivity contribution in [1.29, 1.82) is 0 Å². The zero-order valence-electron chi connectivity index (χ0n) is 10.3. The van der Waals surface area contributed by atoms with Crippen LogP contribution in [0.2, 0.25) is 0 Å². The quantitative estimate of drug-likeness (QED) is 0.585. The zero-order chi connectivity index (χ0) is 13.3. The Labute approximate surface area is 105 Å². The van der Waals surface area contributed by atoms with Crippen molar-refractivity contribution in [2.75, 3.05) is 12.8 Å². The number of methoxy groups -OCH3 is 1. The Morgan fingerprint density at radius 1 is 1.44 bits per heavy atom. The van der Waals surface area contributed by atoms with Crippen molar-refractivity contribution in [3.05, 3.63) is 23.8 Å².